The number of azo groups is 1. The molecule has 4 atom stereocenters. The number of aryl methyl sites for hydroxylation is 1. The highest BCUT2D eigenvalue weighted by atomic mass is 79.9. The molecule has 2 amide bonds. The van der Waals surface area contributed by atoms with Gasteiger partial charge in [-0.15, -0.1) is 0 Å². The molecule has 3 aromatic rings. The molecule has 1 fully saturated rings. The second-order valence-corrected chi connectivity index (χ2v) is 13.4. The number of para-hydroxylation sites is 1. The van der Waals surface area contributed by atoms with Gasteiger partial charge in [-0.05, 0) is 95.7 Å². The maximum Gasteiger partial charge on any atom is 0.238 e. The van der Waals surface area contributed by atoms with Crippen molar-refractivity contribution in [3.63, 3.8) is 0 Å². The molecule has 0 spiro atoms. The summed E-state index contributed by atoms with van der Waals surface area (Å²) in [4.78, 5) is 58.2. The van der Waals surface area contributed by atoms with Gasteiger partial charge in [0.15, 0.2) is 11.6 Å². The van der Waals surface area contributed by atoms with Gasteiger partial charge in [0, 0.05) is 48.5 Å². The van der Waals surface area contributed by atoms with Crippen molar-refractivity contribution in [2.75, 3.05) is 23.9 Å². The Balaban J connectivity index is 1.20. The summed E-state index contributed by atoms with van der Waals surface area (Å²) in [6.07, 6.45) is 3.68. The first-order valence-corrected chi connectivity index (χ1v) is 16.2. The number of anilines is 2. The summed E-state index contributed by atoms with van der Waals surface area (Å²) in [7, 11) is 3.93. The fourth-order valence-electron chi connectivity index (χ4n) is 7.33. The Kier molecular flexibility index (Phi) is 7.63. The average Bonchev–Trinajstić information content (AvgIpc) is 3.32. The van der Waals surface area contributed by atoms with Crippen LogP contribution in [0, 0.1) is 24.7 Å². The fourth-order valence-corrected chi connectivity index (χ4v) is 7.78. The number of halogens is 1. The number of Topliss-reactive ketones (excluding diaryl/α,β-unsaturated/α-hetero) is 1. The maximum atomic E-state index is 14.2. The van der Waals surface area contributed by atoms with Crippen molar-refractivity contribution in [1.29, 1.82) is 0 Å². The van der Waals surface area contributed by atoms with Crippen molar-refractivity contribution < 1.29 is 24.3 Å². The molecule has 0 bridgehead atoms. The Morgan fingerprint density at radius 2 is 1.53 bits per heavy atom. The van der Waals surface area contributed by atoms with Crippen molar-refractivity contribution in [2.24, 2.45) is 28.0 Å². The molecule has 4 unspecified atom stereocenters. The predicted molar refractivity (Wildman–Crippen MR) is 181 cm³/mol. The number of aromatic hydroxyl groups is 1. The van der Waals surface area contributed by atoms with Gasteiger partial charge in [0.1, 0.15) is 5.75 Å². The van der Waals surface area contributed by atoms with Gasteiger partial charge in [-0.3, -0.25) is 24.1 Å². The summed E-state index contributed by atoms with van der Waals surface area (Å²) in [6, 6.07) is 19.8. The van der Waals surface area contributed by atoms with Crippen molar-refractivity contribution in [3.8, 4) is 5.75 Å². The normalized spacial score (nSPS) is 23.9. The number of amides is 2. The SMILES string of the molecule is Cc1cccc(C2C3=CCC4C(=O)N(c5ccc(N=Nc6ccc(N(C)C)cc6)cc5)C(=O)C4C3CC3=C2C(=O)C=C(Br)C3=O)c1O. The summed E-state index contributed by atoms with van der Waals surface area (Å²) in [6.45, 7) is 1.77. The Morgan fingerprint density at radius 1 is 0.872 bits per heavy atom. The topological polar surface area (TPSA) is 120 Å². The lowest BCUT2D eigenvalue weighted by Gasteiger charge is -2.42. The van der Waals surface area contributed by atoms with Gasteiger partial charge in [0.25, 0.3) is 0 Å². The smallest absolute Gasteiger partial charge is 0.238 e. The van der Waals surface area contributed by atoms with Gasteiger partial charge < -0.3 is 10.0 Å². The molecule has 0 aromatic heterocycles. The summed E-state index contributed by atoms with van der Waals surface area (Å²) < 4.78 is 0.159. The van der Waals surface area contributed by atoms with Gasteiger partial charge in [-0.1, -0.05) is 29.8 Å². The molecule has 1 N–H and O–H groups in total. The van der Waals surface area contributed by atoms with Crippen LogP contribution in [0.15, 0.2) is 110 Å². The van der Waals surface area contributed by atoms with E-state index in [1.807, 2.05) is 49.3 Å². The van der Waals surface area contributed by atoms with Crippen LogP contribution in [0.5, 0.6) is 5.75 Å². The molecule has 7 rings (SSSR count). The van der Waals surface area contributed by atoms with Crippen molar-refractivity contribution >= 4 is 62.1 Å². The standard InChI is InChI=1S/C37H31BrN4O5/c1-19-5-4-6-25(34(19)44)31-24-15-16-26-32(27(24)17-28-33(31)30(43)18-29(38)35(28)45)37(47)42(36(26)46)23-13-9-21(10-14-23)40-39-20-7-11-22(12-8-20)41(2)3/h4-15,18,26-27,31-32,44H,16-17H2,1-3H3. The van der Waals surface area contributed by atoms with E-state index in [9.17, 15) is 24.3 Å². The predicted octanol–water partition coefficient (Wildman–Crippen LogP) is 7.15. The minimum atomic E-state index is -0.719. The number of carbonyl (C=O) groups excluding carboxylic acids is 4. The highest BCUT2D eigenvalue weighted by Crippen LogP contribution is 2.56. The Bertz CT molecular complexity index is 1990. The molecule has 1 aliphatic heterocycles. The largest absolute Gasteiger partial charge is 0.507 e. The van der Waals surface area contributed by atoms with Crippen LogP contribution in [0.4, 0.5) is 22.7 Å². The van der Waals surface area contributed by atoms with Crippen LogP contribution in [0.25, 0.3) is 0 Å². The second-order valence-electron chi connectivity index (χ2n) is 12.5. The first kappa shape index (κ1) is 30.7. The molecule has 0 saturated carbocycles. The van der Waals surface area contributed by atoms with E-state index >= 15 is 0 Å². The van der Waals surface area contributed by atoms with E-state index in [2.05, 4.69) is 26.2 Å². The van der Waals surface area contributed by atoms with Crippen molar-refractivity contribution in [3.05, 3.63) is 111 Å². The molecular weight excluding hydrogens is 660 g/mol. The molecule has 1 saturated heterocycles. The van der Waals surface area contributed by atoms with Gasteiger partial charge >= 0.3 is 0 Å². The molecule has 0 radical (unpaired) electrons. The second kappa shape index (κ2) is 11.7. The number of hydrogen-bond donors (Lipinski definition) is 1. The molecule has 47 heavy (non-hydrogen) atoms. The van der Waals surface area contributed by atoms with E-state index in [-0.39, 0.29) is 40.0 Å². The minimum Gasteiger partial charge on any atom is -0.507 e. The number of phenols is 1. The van der Waals surface area contributed by atoms with Gasteiger partial charge in [-0.2, -0.15) is 10.2 Å². The first-order chi connectivity index (χ1) is 22.5. The number of allylic oxidation sites excluding steroid dienone is 6. The van der Waals surface area contributed by atoms with Crippen LogP contribution in [0.3, 0.4) is 0 Å². The maximum absolute atomic E-state index is 14.2. The number of ketones is 2. The van der Waals surface area contributed by atoms with Crippen LogP contribution in [-0.2, 0) is 19.2 Å². The lowest BCUT2D eigenvalue weighted by Crippen LogP contribution is -2.39. The van der Waals surface area contributed by atoms with Gasteiger partial charge in [0.2, 0.25) is 11.8 Å². The van der Waals surface area contributed by atoms with E-state index in [1.54, 1.807) is 49.4 Å². The zero-order valence-electron chi connectivity index (χ0n) is 26.0. The molecule has 4 aliphatic rings. The molecular formula is C37H31BrN4O5. The van der Waals surface area contributed by atoms with Crippen molar-refractivity contribution in [2.45, 2.75) is 25.7 Å². The van der Waals surface area contributed by atoms with Gasteiger partial charge in [-0.25, -0.2) is 0 Å². The third kappa shape index (κ3) is 5.07. The number of imide groups is 1. The number of rotatable bonds is 5. The fraction of sp³-hybridized carbons (Fsp3) is 0.243. The average molecular weight is 692 g/mol. The number of phenolic OH excluding ortho intramolecular Hbond substituents is 1. The molecule has 3 aromatic carbocycles. The lowest BCUT2D eigenvalue weighted by atomic mass is 9.59. The monoisotopic (exact) mass is 690 g/mol. The summed E-state index contributed by atoms with van der Waals surface area (Å²) in [5, 5.41) is 19.8. The summed E-state index contributed by atoms with van der Waals surface area (Å²) in [5.41, 5.74) is 5.32. The van der Waals surface area contributed by atoms with Crippen LogP contribution >= 0.6 is 15.9 Å². The lowest BCUT2D eigenvalue weighted by molar-refractivity contribution is -0.123. The highest BCUT2D eigenvalue weighted by Gasteiger charge is 2.57. The summed E-state index contributed by atoms with van der Waals surface area (Å²) in [5.74, 6) is -3.76. The molecule has 236 valence electrons. The third-order valence-electron chi connectivity index (χ3n) is 9.67. The Morgan fingerprint density at radius 3 is 2.19 bits per heavy atom. The molecule has 3 aliphatic carbocycles. The van der Waals surface area contributed by atoms with Crippen LogP contribution in [0.1, 0.15) is 29.9 Å². The Hall–Kier alpha value is -4.96. The molecule has 1 heterocycles. The number of fused-ring (bicyclic) bond motifs is 3. The highest BCUT2D eigenvalue weighted by molar-refractivity contribution is 9.12. The van der Waals surface area contributed by atoms with E-state index in [1.165, 1.54) is 11.0 Å². The molecule has 9 nitrogen and oxygen atoms in total. The number of benzene rings is 3. The van der Waals surface area contributed by atoms with E-state index < -0.39 is 23.7 Å². The minimum absolute atomic E-state index is 0.0418. The number of nitrogens with zero attached hydrogens (tertiary/aromatic N) is 4. The summed E-state index contributed by atoms with van der Waals surface area (Å²) >= 11 is 3.25. The van der Waals surface area contributed by atoms with E-state index in [4.69, 9.17) is 0 Å². The van der Waals surface area contributed by atoms with E-state index in [0.717, 1.165) is 11.3 Å². The van der Waals surface area contributed by atoms with E-state index in [0.29, 0.717) is 45.8 Å². The number of carbonyl (C=O) groups is 4. The van der Waals surface area contributed by atoms with Crippen LogP contribution in [-0.4, -0.2) is 42.6 Å². The quantitative estimate of drug-likeness (QED) is 0.131. The third-order valence-corrected chi connectivity index (χ3v) is 10.3. The van der Waals surface area contributed by atoms with Gasteiger partial charge in [0.05, 0.1) is 33.4 Å². The van der Waals surface area contributed by atoms with Crippen LogP contribution < -0.4 is 9.80 Å². The first-order valence-electron chi connectivity index (χ1n) is 15.4. The number of hydrogen-bond acceptors (Lipinski definition) is 8. The Labute approximate surface area is 280 Å². The zero-order chi connectivity index (χ0) is 33.1. The zero-order valence-corrected chi connectivity index (χ0v) is 27.6. The van der Waals surface area contributed by atoms with Crippen LogP contribution in [0.2, 0.25) is 0 Å². The molecule has 10 heteroatoms. The van der Waals surface area contributed by atoms with Crippen molar-refractivity contribution in [1.82, 2.24) is 0 Å².